The molecule has 0 heterocycles. The van der Waals surface area contributed by atoms with Crippen molar-refractivity contribution in [2.75, 3.05) is 28.7 Å². The number of alkyl halides is 3. The summed E-state index contributed by atoms with van der Waals surface area (Å²) in [5.74, 6) is -0.967. The van der Waals surface area contributed by atoms with E-state index in [1.54, 1.807) is 6.07 Å². The molecule has 29 heavy (non-hydrogen) atoms. The van der Waals surface area contributed by atoms with E-state index in [2.05, 4.69) is 10.6 Å². The molecule has 156 valence electrons. The van der Waals surface area contributed by atoms with Gasteiger partial charge in [0.15, 0.2) is 6.61 Å². The summed E-state index contributed by atoms with van der Waals surface area (Å²) in [6, 6.07) is 11.2. The summed E-state index contributed by atoms with van der Waals surface area (Å²) < 4.78 is 41.8. The average Bonchev–Trinajstić information content (AvgIpc) is 2.60. The predicted molar refractivity (Wildman–Crippen MR) is 109 cm³/mol. The minimum absolute atomic E-state index is 0.0246. The summed E-state index contributed by atoms with van der Waals surface area (Å²) in [6.07, 6.45) is -4.51. The smallest absolute Gasteiger partial charge is 0.422 e. The molecule has 0 unspecified atom stereocenters. The van der Waals surface area contributed by atoms with Crippen LogP contribution in [0.15, 0.2) is 42.5 Å². The number of carbonyl (C=O) groups excluding carboxylic acids is 2. The summed E-state index contributed by atoms with van der Waals surface area (Å²) in [5.41, 5.74) is 1.68. The number of halogens is 4. The van der Waals surface area contributed by atoms with Crippen molar-refractivity contribution in [3.8, 4) is 5.75 Å². The van der Waals surface area contributed by atoms with Crippen LogP contribution in [0.25, 0.3) is 0 Å². The minimum atomic E-state index is -4.51. The molecule has 0 spiro atoms. The standard InChI is InChI=1S/C19H18ClF3N2O3S/c1-12-3-2-4-14(7-12)24-17(26)9-29-10-18(27)25-15-8-13(20)5-6-16(15)28-11-19(21,22)23/h2-8H,9-11H2,1H3,(H,24,26)(H,25,27). The molecule has 0 aliphatic heterocycles. The molecular formula is C19H18ClF3N2O3S. The van der Waals surface area contributed by atoms with Crippen molar-refractivity contribution in [2.24, 2.45) is 0 Å². The first-order valence-electron chi connectivity index (χ1n) is 8.35. The molecule has 10 heteroatoms. The van der Waals surface area contributed by atoms with Crippen LogP contribution in [0.4, 0.5) is 24.5 Å². The normalized spacial score (nSPS) is 11.1. The van der Waals surface area contributed by atoms with Gasteiger partial charge in [-0.3, -0.25) is 9.59 Å². The molecule has 0 atom stereocenters. The molecule has 0 aliphatic rings. The van der Waals surface area contributed by atoms with Gasteiger partial charge in [0.2, 0.25) is 11.8 Å². The number of aryl methyl sites for hydroxylation is 1. The van der Waals surface area contributed by atoms with Crippen LogP contribution in [0.3, 0.4) is 0 Å². The summed E-state index contributed by atoms with van der Waals surface area (Å²) in [6.45, 7) is 0.405. The van der Waals surface area contributed by atoms with Crippen molar-refractivity contribution in [1.29, 1.82) is 0 Å². The Balaban J connectivity index is 1.84. The van der Waals surface area contributed by atoms with Crippen LogP contribution in [0, 0.1) is 6.92 Å². The number of benzene rings is 2. The van der Waals surface area contributed by atoms with Crippen LogP contribution < -0.4 is 15.4 Å². The SMILES string of the molecule is Cc1cccc(NC(=O)CSCC(=O)Nc2cc(Cl)ccc2OCC(F)(F)F)c1. The van der Waals surface area contributed by atoms with Gasteiger partial charge >= 0.3 is 6.18 Å². The molecule has 0 saturated carbocycles. The molecule has 0 saturated heterocycles. The molecular weight excluding hydrogens is 429 g/mol. The summed E-state index contributed by atoms with van der Waals surface area (Å²) in [7, 11) is 0. The lowest BCUT2D eigenvalue weighted by Gasteiger charge is -2.14. The van der Waals surface area contributed by atoms with E-state index in [0.717, 1.165) is 17.3 Å². The van der Waals surface area contributed by atoms with Gasteiger partial charge in [-0.1, -0.05) is 23.7 Å². The first kappa shape index (κ1) is 22.9. The summed E-state index contributed by atoms with van der Waals surface area (Å²) in [5, 5.41) is 5.40. The summed E-state index contributed by atoms with van der Waals surface area (Å²) in [4.78, 5) is 24.0. The maximum atomic E-state index is 12.4. The molecule has 2 N–H and O–H groups in total. The fourth-order valence-corrected chi connectivity index (χ4v) is 3.02. The first-order chi connectivity index (χ1) is 13.6. The lowest BCUT2D eigenvalue weighted by Crippen LogP contribution is -2.21. The maximum absolute atomic E-state index is 12.4. The van der Waals surface area contributed by atoms with Crippen LogP contribution in [0.2, 0.25) is 5.02 Å². The molecule has 0 aliphatic carbocycles. The number of rotatable bonds is 8. The van der Waals surface area contributed by atoms with Gasteiger partial charge in [0, 0.05) is 10.7 Å². The number of amides is 2. The van der Waals surface area contributed by atoms with Gasteiger partial charge in [-0.2, -0.15) is 13.2 Å². The number of hydrogen-bond acceptors (Lipinski definition) is 4. The second-order valence-electron chi connectivity index (χ2n) is 6.00. The topological polar surface area (TPSA) is 67.4 Å². The van der Waals surface area contributed by atoms with Gasteiger partial charge in [-0.25, -0.2) is 0 Å². The Morgan fingerprint density at radius 2 is 1.76 bits per heavy atom. The Morgan fingerprint density at radius 1 is 1.07 bits per heavy atom. The molecule has 2 rings (SSSR count). The molecule has 5 nitrogen and oxygen atoms in total. The highest BCUT2D eigenvalue weighted by Crippen LogP contribution is 2.29. The molecule has 0 bridgehead atoms. The van der Waals surface area contributed by atoms with Crippen molar-refractivity contribution in [3.05, 3.63) is 53.1 Å². The first-order valence-corrected chi connectivity index (χ1v) is 9.89. The third-order valence-electron chi connectivity index (χ3n) is 3.38. The van der Waals surface area contributed by atoms with Gasteiger partial charge < -0.3 is 15.4 Å². The second-order valence-corrected chi connectivity index (χ2v) is 7.43. The van der Waals surface area contributed by atoms with E-state index in [9.17, 15) is 22.8 Å². The number of hydrogen-bond donors (Lipinski definition) is 2. The van der Waals surface area contributed by atoms with Gasteiger partial charge in [0.25, 0.3) is 0 Å². The maximum Gasteiger partial charge on any atom is 0.422 e. The molecule has 0 radical (unpaired) electrons. The van der Waals surface area contributed by atoms with Gasteiger partial charge in [-0.05, 0) is 42.8 Å². The van der Waals surface area contributed by atoms with E-state index in [1.807, 2.05) is 25.1 Å². The fourth-order valence-electron chi connectivity index (χ4n) is 2.23. The van der Waals surface area contributed by atoms with E-state index in [1.165, 1.54) is 18.2 Å². The lowest BCUT2D eigenvalue weighted by molar-refractivity contribution is -0.153. The van der Waals surface area contributed by atoms with E-state index in [4.69, 9.17) is 16.3 Å². The number of ether oxygens (including phenoxy) is 1. The van der Waals surface area contributed by atoms with Crippen molar-refractivity contribution in [2.45, 2.75) is 13.1 Å². The predicted octanol–water partition coefficient (Wildman–Crippen LogP) is 4.90. The van der Waals surface area contributed by atoms with Crippen LogP contribution >= 0.6 is 23.4 Å². The van der Waals surface area contributed by atoms with Gasteiger partial charge in [0.1, 0.15) is 5.75 Å². The highest BCUT2D eigenvalue weighted by Gasteiger charge is 2.29. The Bertz CT molecular complexity index is 878. The van der Waals surface area contributed by atoms with Crippen molar-refractivity contribution >= 4 is 46.6 Å². The highest BCUT2D eigenvalue weighted by molar-refractivity contribution is 8.00. The van der Waals surface area contributed by atoms with E-state index < -0.39 is 18.7 Å². The average molecular weight is 447 g/mol. The Hall–Kier alpha value is -2.39. The van der Waals surface area contributed by atoms with Crippen LogP contribution in [0.1, 0.15) is 5.56 Å². The lowest BCUT2D eigenvalue weighted by atomic mass is 10.2. The number of thioether (sulfide) groups is 1. The monoisotopic (exact) mass is 446 g/mol. The number of nitrogens with one attached hydrogen (secondary N) is 2. The molecule has 0 aromatic heterocycles. The van der Waals surface area contributed by atoms with Crippen LogP contribution in [-0.4, -0.2) is 36.1 Å². The van der Waals surface area contributed by atoms with Gasteiger partial charge in [-0.15, -0.1) is 11.8 Å². The minimum Gasteiger partial charge on any atom is -0.482 e. The Morgan fingerprint density at radius 3 is 2.41 bits per heavy atom. The molecule has 2 aromatic carbocycles. The fraction of sp³-hybridized carbons (Fsp3) is 0.263. The van der Waals surface area contributed by atoms with E-state index in [-0.39, 0.29) is 33.9 Å². The van der Waals surface area contributed by atoms with Crippen LogP contribution in [0.5, 0.6) is 5.75 Å². The number of carbonyl (C=O) groups is 2. The van der Waals surface area contributed by atoms with Crippen molar-refractivity contribution in [1.82, 2.24) is 0 Å². The number of anilines is 2. The van der Waals surface area contributed by atoms with E-state index >= 15 is 0 Å². The zero-order valence-electron chi connectivity index (χ0n) is 15.3. The molecule has 2 aromatic rings. The van der Waals surface area contributed by atoms with Crippen molar-refractivity contribution in [3.63, 3.8) is 0 Å². The highest BCUT2D eigenvalue weighted by atomic mass is 35.5. The van der Waals surface area contributed by atoms with Crippen LogP contribution in [-0.2, 0) is 9.59 Å². The Kier molecular flexibility index (Phi) is 8.21. The second kappa shape index (κ2) is 10.4. The zero-order valence-corrected chi connectivity index (χ0v) is 16.9. The zero-order chi connectivity index (χ0) is 21.4. The molecule has 0 fully saturated rings. The largest absolute Gasteiger partial charge is 0.482 e. The van der Waals surface area contributed by atoms with Gasteiger partial charge in [0.05, 0.1) is 17.2 Å². The molecule has 2 amide bonds. The Labute approximate surface area is 175 Å². The summed E-state index contributed by atoms with van der Waals surface area (Å²) >= 11 is 6.90. The quantitative estimate of drug-likeness (QED) is 0.605. The third kappa shape index (κ3) is 8.66. The van der Waals surface area contributed by atoms with Crippen molar-refractivity contribution < 1.29 is 27.5 Å². The van der Waals surface area contributed by atoms with E-state index in [0.29, 0.717) is 5.69 Å². The third-order valence-corrected chi connectivity index (χ3v) is 4.54.